The molecule has 2 heterocycles. The Morgan fingerprint density at radius 1 is 0.857 bits per heavy atom. The molecule has 0 fully saturated rings. The lowest BCUT2D eigenvalue weighted by Crippen LogP contribution is -2.02. The van der Waals surface area contributed by atoms with Crippen LogP contribution in [0.2, 0.25) is 0 Å². The molecule has 0 atom stereocenters. The highest BCUT2D eigenvalue weighted by Crippen LogP contribution is 2.19. The van der Waals surface area contributed by atoms with Crippen molar-refractivity contribution in [3.05, 3.63) is 28.3 Å². The first-order chi connectivity index (χ1) is 6.52. The molecular formula is C11H15N3. The van der Waals surface area contributed by atoms with E-state index in [0.29, 0.717) is 0 Å². The predicted molar refractivity (Wildman–Crippen MR) is 56.7 cm³/mol. The second-order valence-electron chi connectivity index (χ2n) is 3.84. The summed E-state index contributed by atoms with van der Waals surface area (Å²) in [6, 6.07) is 0. The van der Waals surface area contributed by atoms with E-state index >= 15 is 0 Å². The van der Waals surface area contributed by atoms with Gasteiger partial charge in [0.05, 0.1) is 28.3 Å². The van der Waals surface area contributed by atoms with Crippen LogP contribution < -0.4 is 0 Å². The average molecular weight is 189 g/mol. The second kappa shape index (κ2) is 2.80. The molecule has 0 amide bonds. The lowest BCUT2D eigenvalue weighted by Gasteiger charge is -2.05. The summed E-state index contributed by atoms with van der Waals surface area (Å²) in [6.07, 6.45) is 0. The zero-order valence-corrected chi connectivity index (χ0v) is 9.34. The summed E-state index contributed by atoms with van der Waals surface area (Å²) in [7, 11) is 0. The molecule has 2 aromatic heterocycles. The fraction of sp³-hybridized carbons (Fsp3) is 0.455. The summed E-state index contributed by atoms with van der Waals surface area (Å²) >= 11 is 0. The van der Waals surface area contributed by atoms with Gasteiger partial charge in [-0.15, -0.1) is 0 Å². The molecule has 0 spiro atoms. The molecule has 0 aliphatic rings. The van der Waals surface area contributed by atoms with Gasteiger partial charge in [-0.1, -0.05) is 0 Å². The van der Waals surface area contributed by atoms with Crippen molar-refractivity contribution in [3.8, 4) is 0 Å². The number of hydrogen-bond donors (Lipinski definition) is 0. The highest BCUT2D eigenvalue weighted by molar-refractivity contribution is 5.60. The van der Waals surface area contributed by atoms with E-state index in [1.165, 1.54) is 5.56 Å². The molecule has 0 saturated heterocycles. The fourth-order valence-electron chi connectivity index (χ4n) is 1.81. The molecule has 0 bridgehead atoms. The van der Waals surface area contributed by atoms with Crippen LogP contribution in [0.25, 0.3) is 5.52 Å². The first-order valence-corrected chi connectivity index (χ1v) is 4.82. The molecule has 0 saturated carbocycles. The minimum absolute atomic E-state index is 1.05. The van der Waals surface area contributed by atoms with Gasteiger partial charge in [0.25, 0.3) is 0 Å². The van der Waals surface area contributed by atoms with Gasteiger partial charge in [0.15, 0.2) is 0 Å². The molecule has 2 aromatic rings. The number of aromatic nitrogens is 3. The quantitative estimate of drug-likeness (QED) is 0.636. The molecule has 74 valence electrons. The van der Waals surface area contributed by atoms with E-state index in [-0.39, 0.29) is 0 Å². The Bertz CT molecular complexity index is 509. The SMILES string of the molecule is Cc1nn2c(C)c(C)nc(C)c2c1C. The van der Waals surface area contributed by atoms with Crippen LogP contribution in [-0.4, -0.2) is 14.6 Å². The van der Waals surface area contributed by atoms with E-state index in [0.717, 1.165) is 28.3 Å². The lowest BCUT2D eigenvalue weighted by molar-refractivity contribution is 0.853. The van der Waals surface area contributed by atoms with Crippen LogP contribution in [0.15, 0.2) is 0 Å². The van der Waals surface area contributed by atoms with Crippen LogP contribution in [-0.2, 0) is 0 Å². The van der Waals surface area contributed by atoms with E-state index in [9.17, 15) is 0 Å². The van der Waals surface area contributed by atoms with Gasteiger partial charge in [-0.25, -0.2) is 4.52 Å². The summed E-state index contributed by atoms with van der Waals surface area (Å²) in [6.45, 7) is 10.3. The Morgan fingerprint density at radius 2 is 1.50 bits per heavy atom. The summed E-state index contributed by atoms with van der Waals surface area (Å²) in [5, 5.41) is 4.51. The van der Waals surface area contributed by atoms with Crippen LogP contribution >= 0.6 is 0 Å². The molecule has 3 heteroatoms. The Kier molecular flexibility index (Phi) is 1.84. The van der Waals surface area contributed by atoms with Crippen molar-refractivity contribution in [2.75, 3.05) is 0 Å². The first-order valence-electron chi connectivity index (χ1n) is 4.82. The number of aryl methyl sites for hydroxylation is 5. The largest absolute Gasteiger partial charge is 0.254 e. The third-order valence-corrected chi connectivity index (χ3v) is 2.88. The van der Waals surface area contributed by atoms with Gasteiger partial charge in [0.1, 0.15) is 0 Å². The number of hydrogen-bond acceptors (Lipinski definition) is 2. The molecule has 0 unspecified atom stereocenters. The molecule has 0 aliphatic carbocycles. The molecule has 14 heavy (non-hydrogen) atoms. The van der Waals surface area contributed by atoms with Crippen molar-refractivity contribution in [2.45, 2.75) is 34.6 Å². The maximum absolute atomic E-state index is 4.51. The Hall–Kier alpha value is -1.38. The minimum atomic E-state index is 1.05. The maximum atomic E-state index is 4.51. The smallest absolute Gasteiger partial charge is 0.0909 e. The van der Waals surface area contributed by atoms with Crippen LogP contribution in [0.4, 0.5) is 0 Å². The standard InChI is InChI=1S/C11H15N3/c1-6-7(2)13-14-10(5)8(3)12-9(4)11(6)14/h1-5H3. The number of fused-ring (bicyclic) bond motifs is 1. The van der Waals surface area contributed by atoms with Crippen molar-refractivity contribution in [2.24, 2.45) is 0 Å². The first kappa shape index (κ1) is 9.19. The van der Waals surface area contributed by atoms with E-state index in [1.54, 1.807) is 0 Å². The van der Waals surface area contributed by atoms with Crippen molar-refractivity contribution in [1.82, 2.24) is 14.6 Å². The topological polar surface area (TPSA) is 30.2 Å². The maximum Gasteiger partial charge on any atom is 0.0909 e. The molecule has 0 aromatic carbocycles. The van der Waals surface area contributed by atoms with E-state index in [2.05, 4.69) is 23.9 Å². The van der Waals surface area contributed by atoms with Crippen molar-refractivity contribution in [3.63, 3.8) is 0 Å². The lowest BCUT2D eigenvalue weighted by atomic mass is 10.2. The third kappa shape index (κ3) is 1.05. The summed E-state index contributed by atoms with van der Waals surface area (Å²) in [5.41, 5.74) is 6.72. The second-order valence-corrected chi connectivity index (χ2v) is 3.84. The van der Waals surface area contributed by atoms with Gasteiger partial charge in [-0.2, -0.15) is 5.10 Å². The van der Waals surface area contributed by atoms with Gasteiger partial charge < -0.3 is 0 Å². The van der Waals surface area contributed by atoms with Crippen LogP contribution in [0.1, 0.15) is 28.3 Å². The minimum Gasteiger partial charge on any atom is -0.254 e. The van der Waals surface area contributed by atoms with Crippen molar-refractivity contribution in [1.29, 1.82) is 0 Å². The van der Waals surface area contributed by atoms with E-state index < -0.39 is 0 Å². The molecule has 0 radical (unpaired) electrons. The van der Waals surface area contributed by atoms with Crippen LogP contribution in [0.5, 0.6) is 0 Å². The van der Waals surface area contributed by atoms with Gasteiger partial charge in [0, 0.05) is 0 Å². The highest BCUT2D eigenvalue weighted by atomic mass is 15.2. The Morgan fingerprint density at radius 3 is 2.14 bits per heavy atom. The van der Waals surface area contributed by atoms with Gasteiger partial charge in [-0.3, -0.25) is 4.98 Å². The monoisotopic (exact) mass is 189 g/mol. The molecular weight excluding hydrogens is 174 g/mol. The Balaban J connectivity index is 3.02. The van der Waals surface area contributed by atoms with E-state index in [1.807, 2.05) is 25.3 Å². The van der Waals surface area contributed by atoms with Crippen LogP contribution in [0.3, 0.4) is 0 Å². The average Bonchev–Trinajstić information content (AvgIpc) is 2.40. The Labute approximate surface area is 83.8 Å². The van der Waals surface area contributed by atoms with Gasteiger partial charge in [-0.05, 0) is 40.2 Å². The van der Waals surface area contributed by atoms with Crippen LogP contribution in [0, 0.1) is 34.6 Å². The third-order valence-electron chi connectivity index (χ3n) is 2.88. The predicted octanol–water partition coefficient (Wildman–Crippen LogP) is 2.27. The van der Waals surface area contributed by atoms with Gasteiger partial charge >= 0.3 is 0 Å². The highest BCUT2D eigenvalue weighted by Gasteiger charge is 2.11. The van der Waals surface area contributed by atoms with Crippen molar-refractivity contribution < 1.29 is 0 Å². The zero-order chi connectivity index (χ0) is 10.5. The van der Waals surface area contributed by atoms with Gasteiger partial charge in [0.2, 0.25) is 0 Å². The zero-order valence-electron chi connectivity index (χ0n) is 9.34. The molecule has 3 nitrogen and oxygen atoms in total. The van der Waals surface area contributed by atoms with Crippen molar-refractivity contribution >= 4 is 5.52 Å². The molecule has 0 aliphatic heterocycles. The summed E-state index contributed by atoms with van der Waals surface area (Å²) in [5.74, 6) is 0. The fourth-order valence-corrected chi connectivity index (χ4v) is 1.81. The molecule has 0 N–H and O–H groups in total. The summed E-state index contributed by atoms with van der Waals surface area (Å²) < 4.78 is 2.00. The van der Waals surface area contributed by atoms with E-state index in [4.69, 9.17) is 0 Å². The summed E-state index contributed by atoms with van der Waals surface area (Å²) in [4.78, 5) is 4.51. The molecule has 2 rings (SSSR count). The number of nitrogens with zero attached hydrogens (tertiary/aromatic N) is 3. The number of rotatable bonds is 0. The normalized spacial score (nSPS) is 11.2.